The zero-order valence-electron chi connectivity index (χ0n) is 10.3. The molecule has 0 bridgehead atoms. The molecule has 0 fully saturated rings. The van der Waals surface area contributed by atoms with Gasteiger partial charge in [0.1, 0.15) is 11.6 Å². The van der Waals surface area contributed by atoms with E-state index in [0.717, 1.165) is 0 Å². The van der Waals surface area contributed by atoms with Gasteiger partial charge in [0, 0.05) is 12.1 Å². The van der Waals surface area contributed by atoms with E-state index in [0.29, 0.717) is 11.3 Å². The fraction of sp³-hybridized carbons (Fsp3) is 0.133. The normalized spacial score (nSPS) is 9.95. The maximum atomic E-state index is 13.3. The molecule has 0 heterocycles. The van der Waals surface area contributed by atoms with E-state index in [1.807, 2.05) is 18.2 Å². The summed E-state index contributed by atoms with van der Waals surface area (Å²) in [5.41, 5.74) is 0.454. The Kier molecular flexibility index (Phi) is 4.50. The lowest BCUT2D eigenvalue weighted by molar-refractivity contribution is -0.123. The average Bonchev–Trinajstić information content (AvgIpc) is 2.45. The first-order chi connectivity index (χ1) is 9.25. The van der Waals surface area contributed by atoms with Crippen LogP contribution in [0.1, 0.15) is 5.56 Å². The number of rotatable bonds is 5. The van der Waals surface area contributed by atoms with Gasteiger partial charge >= 0.3 is 0 Å². The first-order valence-electron chi connectivity index (χ1n) is 5.93. The number of nitrogens with one attached hydrogen (secondary N) is 1. The zero-order valence-corrected chi connectivity index (χ0v) is 10.3. The minimum Gasteiger partial charge on any atom is -0.484 e. The molecule has 1 N–H and O–H groups in total. The summed E-state index contributed by atoms with van der Waals surface area (Å²) in [6.45, 7) is 0.0715. The maximum Gasteiger partial charge on any atom is 0.258 e. The second-order valence-electron chi connectivity index (χ2n) is 3.97. The fourth-order valence-corrected chi connectivity index (χ4v) is 1.55. The summed E-state index contributed by atoms with van der Waals surface area (Å²) < 4.78 is 18.6. The van der Waals surface area contributed by atoms with Crippen molar-refractivity contribution in [2.75, 3.05) is 6.61 Å². The van der Waals surface area contributed by atoms with Gasteiger partial charge in [-0.3, -0.25) is 4.79 Å². The maximum absolute atomic E-state index is 13.3. The standard InChI is InChI=1S/C15H14FNO2/c16-14-9-5-4-6-12(14)10-17-15(18)11-19-13-7-2-1-3-8-13/h1-9H,10-11H2,(H,17,18). The molecule has 0 unspecified atom stereocenters. The molecule has 98 valence electrons. The molecule has 0 radical (unpaired) electrons. The molecule has 0 aliphatic rings. The topological polar surface area (TPSA) is 38.3 Å². The van der Waals surface area contributed by atoms with E-state index >= 15 is 0 Å². The number of carbonyl (C=O) groups is 1. The van der Waals surface area contributed by atoms with Gasteiger partial charge in [0.25, 0.3) is 5.91 Å². The molecule has 4 heteroatoms. The number of hydrogen-bond acceptors (Lipinski definition) is 2. The summed E-state index contributed by atoms with van der Waals surface area (Å²) in [5.74, 6) is 0.0161. The van der Waals surface area contributed by atoms with Gasteiger partial charge in [-0.15, -0.1) is 0 Å². The van der Waals surface area contributed by atoms with Crippen molar-refractivity contribution in [3.8, 4) is 5.75 Å². The molecule has 2 aromatic carbocycles. The smallest absolute Gasteiger partial charge is 0.258 e. The second-order valence-corrected chi connectivity index (χ2v) is 3.97. The molecule has 0 saturated heterocycles. The number of para-hydroxylation sites is 1. The minimum atomic E-state index is -0.327. The van der Waals surface area contributed by atoms with Gasteiger partial charge < -0.3 is 10.1 Å². The third-order valence-electron chi connectivity index (χ3n) is 2.55. The molecule has 0 aliphatic heterocycles. The Bertz CT molecular complexity index is 543. The highest BCUT2D eigenvalue weighted by Crippen LogP contribution is 2.08. The molecular weight excluding hydrogens is 245 g/mol. The van der Waals surface area contributed by atoms with Gasteiger partial charge in [-0.25, -0.2) is 4.39 Å². The van der Waals surface area contributed by atoms with E-state index in [1.165, 1.54) is 6.07 Å². The quantitative estimate of drug-likeness (QED) is 0.896. The van der Waals surface area contributed by atoms with Crippen LogP contribution in [0.4, 0.5) is 4.39 Å². The Morgan fingerprint density at radius 1 is 1.05 bits per heavy atom. The molecule has 3 nitrogen and oxygen atoms in total. The number of ether oxygens (including phenoxy) is 1. The van der Waals surface area contributed by atoms with Crippen molar-refractivity contribution in [3.63, 3.8) is 0 Å². The van der Waals surface area contributed by atoms with E-state index in [1.54, 1.807) is 30.3 Å². The van der Waals surface area contributed by atoms with Crippen molar-refractivity contribution in [1.29, 1.82) is 0 Å². The van der Waals surface area contributed by atoms with E-state index < -0.39 is 0 Å². The third-order valence-corrected chi connectivity index (χ3v) is 2.55. The van der Waals surface area contributed by atoms with Gasteiger partial charge in [0.15, 0.2) is 6.61 Å². The van der Waals surface area contributed by atoms with Crippen molar-refractivity contribution in [2.24, 2.45) is 0 Å². The molecule has 1 amide bonds. The van der Waals surface area contributed by atoms with E-state index in [2.05, 4.69) is 5.32 Å². The van der Waals surface area contributed by atoms with Crippen molar-refractivity contribution in [1.82, 2.24) is 5.32 Å². The van der Waals surface area contributed by atoms with Crippen molar-refractivity contribution in [2.45, 2.75) is 6.54 Å². The average molecular weight is 259 g/mol. The van der Waals surface area contributed by atoms with Gasteiger partial charge in [0.2, 0.25) is 0 Å². The van der Waals surface area contributed by atoms with Gasteiger partial charge in [-0.2, -0.15) is 0 Å². The van der Waals surface area contributed by atoms with Crippen LogP contribution in [0.5, 0.6) is 5.75 Å². The summed E-state index contributed by atoms with van der Waals surface area (Å²) in [7, 11) is 0. The zero-order chi connectivity index (χ0) is 13.5. The predicted molar refractivity (Wildman–Crippen MR) is 70.2 cm³/mol. The molecule has 2 aromatic rings. The predicted octanol–water partition coefficient (Wildman–Crippen LogP) is 2.52. The summed E-state index contributed by atoms with van der Waals surface area (Å²) in [5, 5.41) is 2.61. The van der Waals surface area contributed by atoms with Crippen LogP contribution in [-0.2, 0) is 11.3 Å². The first kappa shape index (κ1) is 13.1. The molecular formula is C15H14FNO2. The van der Waals surface area contributed by atoms with Crippen LogP contribution < -0.4 is 10.1 Å². The molecule has 2 rings (SSSR count). The minimum absolute atomic E-state index is 0.0849. The molecule has 0 spiro atoms. The van der Waals surface area contributed by atoms with Crippen LogP contribution in [0.2, 0.25) is 0 Å². The number of benzene rings is 2. The van der Waals surface area contributed by atoms with Gasteiger partial charge in [-0.05, 0) is 18.2 Å². The highest BCUT2D eigenvalue weighted by molar-refractivity contribution is 5.77. The van der Waals surface area contributed by atoms with Crippen molar-refractivity contribution < 1.29 is 13.9 Å². The molecule has 0 aromatic heterocycles. The fourth-order valence-electron chi connectivity index (χ4n) is 1.55. The second kappa shape index (κ2) is 6.54. The highest BCUT2D eigenvalue weighted by atomic mass is 19.1. The van der Waals surface area contributed by atoms with E-state index in [9.17, 15) is 9.18 Å². The summed E-state index contributed by atoms with van der Waals surface area (Å²) in [4.78, 5) is 11.5. The molecule has 0 saturated carbocycles. The Hall–Kier alpha value is -2.36. The lowest BCUT2D eigenvalue weighted by Gasteiger charge is -2.08. The van der Waals surface area contributed by atoms with E-state index in [4.69, 9.17) is 4.74 Å². The van der Waals surface area contributed by atoms with Crippen molar-refractivity contribution >= 4 is 5.91 Å². The number of carbonyl (C=O) groups excluding carboxylic acids is 1. The largest absolute Gasteiger partial charge is 0.484 e. The van der Waals surface area contributed by atoms with Crippen LogP contribution in [0, 0.1) is 5.82 Å². The third kappa shape index (κ3) is 4.10. The number of halogens is 1. The number of hydrogen-bond donors (Lipinski definition) is 1. The Morgan fingerprint density at radius 2 is 1.74 bits per heavy atom. The van der Waals surface area contributed by atoms with Crippen LogP contribution in [0.3, 0.4) is 0 Å². The Morgan fingerprint density at radius 3 is 2.47 bits per heavy atom. The summed E-state index contributed by atoms with van der Waals surface area (Å²) in [6, 6.07) is 15.4. The van der Waals surface area contributed by atoms with Crippen LogP contribution in [0.25, 0.3) is 0 Å². The lowest BCUT2D eigenvalue weighted by atomic mass is 10.2. The SMILES string of the molecule is O=C(COc1ccccc1)NCc1ccccc1F. The summed E-state index contributed by atoms with van der Waals surface area (Å²) >= 11 is 0. The molecule has 19 heavy (non-hydrogen) atoms. The van der Waals surface area contributed by atoms with Crippen LogP contribution in [0.15, 0.2) is 54.6 Å². The van der Waals surface area contributed by atoms with Gasteiger partial charge in [-0.1, -0.05) is 36.4 Å². The highest BCUT2D eigenvalue weighted by Gasteiger charge is 2.05. The van der Waals surface area contributed by atoms with Crippen LogP contribution >= 0.6 is 0 Å². The first-order valence-corrected chi connectivity index (χ1v) is 5.93. The Balaban J connectivity index is 1.78. The molecule has 0 aliphatic carbocycles. The van der Waals surface area contributed by atoms with Crippen LogP contribution in [-0.4, -0.2) is 12.5 Å². The van der Waals surface area contributed by atoms with E-state index in [-0.39, 0.29) is 24.9 Å². The summed E-state index contributed by atoms with van der Waals surface area (Å²) in [6.07, 6.45) is 0. The number of amides is 1. The lowest BCUT2D eigenvalue weighted by Crippen LogP contribution is -2.28. The monoisotopic (exact) mass is 259 g/mol. The van der Waals surface area contributed by atoms with Crippen molar-refractivity contribution in [3.05, 3.63) is 66.0 Å². The molecule has 0 atom stereocenters. The Labute approximate surface area is 111 Å². The van der Waals surface area contributed by atoms with Gasteiger partial charge in [0.05, 0.1) is 0 Å².